The fraction of sp³-hybridized carbons (Fsp3) is 0.300. The standard InChI is InChI=1S/C20H21NO5/c1-2-17(22)14-7-9-15(10-8-14)24-13-20(23)21-11-16-12-25-18-5-3-4-6-19(18)26-16/h3-10,16H,2,11-13H2,1H3,(H,21,23)/t16-/m0/s1. The molecule has 0 fully saturated rings. The summed E-state index contributed by atoms with van der Waals surface area (Å²) < 4.78 is 16.8. The van der Waals surface area contributed by atoms with Gasteiger partial charge in [0.1, 0.15) is 18.5 Å². The third-order valence-electron chi connectivity index (χ3n) is 3.96. The lowest BCUT2D eigenvalue weighted by atomic mass is 10.1. The van der Waals surface area contributed by atoms with Gasteiger partial charge in [-0.1, -0.05) is 19.1 Å². The number of hydrogen-bond donors (Lipinski definition) is 1. The van der Waals surface area contributed by atoms with E-state index in [1.54, 1.807) is 24.3 Å². The highest BCUT2D eigenvalue weighted by molar-refractivity contribution is 5.95. The summed E-state index contributed by atoms with van der Waals surface area (Å²) in [5.41, 5.74) is 0.638. The molecule has 0 radical (unpaired) electrons. The van der Waals surface area contributed by atoms with Crippen molar-refractivity contribution in [2.75, 3.05) is 19.8 Å². The number of nitrogens with one attached hydrogen (secondary N) is 1. The summed E-state index contributed by atoms with van der Waals surface area (Å²) in [6.07, 6.45) is 0.216. The van der Waals surface area contributed by atoms with Gasteiger partial charge in [-0.3, -0.25) is 9.59 Å². The Labute approximate surface area is 152 Å². The molecule has 3 rings (SSSR count). The molecule has 0 bridgehead atoms. The van der Waals surface area contributed by atoms with Gasteiger partial charge in [-0.15, -0.1) is 0 Å². The Morgan fingerprint density at radius 2 is 1.85 bits per heavy atom. The molecule has 0 spiro atoms. The number of Topliss-reactive ketones (excluding diaryl/α,β-unsaturated/α-hetero) is 1. The van der Waals surface area contributed by atoms with Crippen LogP contribution < -0.4 is 19.5 Å². The summed E-state index contributed by atoms with van der Waals surface area (Å²) in [6.45, 7) is 2.42. The minimum absolute atomic E-state index is 0.0746. The van der Waals surface area contributed by atoms with Gasteiger partial charge in [-0.25, -0.2) is 0 Å². The fourth-order valence-corrected chi connectivity index (χ4v) is 2.53. The van der Waals surface area contributed by atoms with E-state index < -0.39 is 0 Å². The van der Waals surface area contributed by atoms with Gasteiger partial charge >= 0.3 is 0 Å². The minimum atomic E-state index is -0.249. The average molecular weight is 355 g/mol. The van der Waals surface area contributed by atoms with Crippen LogP contribution in [-0.2, 0) is 4.79 Å². The van der Waals surface area contributed by atoms with Crippen LogP contribution in [0.4, 0.5) is 0 Å². The summed E-state index contributed by atoms with van der Waals surface area (Å²) in [6, 6.07) is 14.2. The molecule has 6 heteroatoms. The van der Waals surface area contributed by atoms with E-state index in [0.717, 1.165) is 0 Å². The van der Waals surface area contributed by atoms with Crippen LogP contribution in [0.2, 0.25) is 0 Å². The average Bonchev–Trinajstić information content (AvgIpc) is 2.70. The zero-order chi connectivity index (χ0) is 18.4. The number of amides is 1. The molecule has 1 aliphatic rings. The van der Waals surface area contributed by atoms with Gasteiger partial charge < -0.3 is 19.5 Å². The molecule has 0 aromatic heterocycles. The number of rotatable bonds is 7. The Morgan fingerprint density at radius 3 is 2.58 bits per heavy atom. The predicted octanol–water partition coefficient (Wildman–Crippen LogP) is 2.61. The van der Waals surface area contributed by atoms with Gasteiger partial charge in [0, 0.05) is 12.0 Å². The first-order chi connectivity index (χ1) is 12.7. The Morgan fingerprint density at radius 1 is 1.12 bits per heavy atom. The fourth-order valence-electron chi connectivity index (χ4n) is 2.53. The third kappa shape index (κ3) is 4.53. The Balaban J connectivity index is 1.41. The molecular formula is C20H21NO5. The molecule has 1 aliphatic heterocycles. The van der Waals surface area contributed by atoms with Gasteiger partial charge in [-0.05, 0) is 36.4 Å². The van der Waals surface area contributed by atoms with Gasteiger partial charge in [0.2, 0.25) is 0 Å². The maximum atomic E-state index is 11.9. The highest BCUT2D eigenvalue weighted by Crippen LogP contribution is 2.30. The first-order valence-corrected chi connectivity index (χ1v) is 8.57. The van der Waals surface area contributed by atoms with Crippen LogP contribution in [0.1, 0.15) is 23.7 Å². The number of ketones is 1. The molecule has 6 nitrogen and oxygen atoms in total. The molecule has 1 heterocycles. The molecule has 0 saturated carbocycles. The molecule has 0 unspecified atom stereocenters. The molecule has 1 N–H and O–H groups in total. The van der Waals surface area contributed by atoms with Crippen molar-refractivity contribution >= 4 is 11.7 Å². The number of hydrogen-bond acceptors (Lipinski definition) is 5. The topological polar surface area (TPSA) is 73.9 Å². The number of carbonyl (C=O) groups is 2. The highest BCUT2D eigenvalue weighted by Gasteiger charge is 2.21. The normalized spacial score (nSPS) is 15.2. The zero-order valence-corrected chi connectivity index (χ0v) is 14.6. The second-order valence-corrected chi connectivity index (χ2v) is 5.89. The van der Waals surface area contributed by atoms with Gasteiger partial charge in [-0.2, -0.15) is 0 Å². The Hall–Kier alpha value is -3.02. The van der Waals surface area contributed by atoms with E-state index in [-0.39, 0.29) is 24.4 Å². The molecule has 2 aromatic carbocycles. The molecule has 0 aliphatic carbocycles. The quantitative estimate of drug-likeness (QED) is 0.773. The van der Waals surface area contributed by atoms with Crippen LogP contribution >= 0.6 is 0 Å². The molecule has 0 saturated heterocycles. The van der Waals surface area contributed by atoms with E-state index in [1.165, 1.54) is 0 Å². The van der Waals surface area contributed by atoms with Crippen LogP contribution in [0, 0.1) is 0 Å². The summed E-state index contributed by atoms with van der Waals surface area (Å²) in [5, 5.41) is 2.77. The van der Waals surface area contributed by atoms with Crippen molar-refractivity contribution in [3.63, 3.8) is 0 Å². The van der Waals surface area contributed by atoms with E-state index in [0.29, 0.717) is 42.4 Å². The summed E-state index contributed by atoms with van der Waals surface area (Å²) in [5.74, 6) is 1.75. The monoisotopic (exact) mass is 355 g/mol. The van der Waals surface area contributed by atoms with E-state index in [9.17, 15) is 9.59 Å². The summed E-state index contributed by atoms with van der Waals surface area (Å²) in [7, 11) is 0. The van der Waals surface area contributed by atoms with E-state index in [4.69, 9.17) is 14.2 Å². The van der Waals surface area contributed by atoms with Crippen LogP contribution in [0.15, 0.2) is 48.5 Å². The molecule has 1 amide bonds. The maximum Gasteiger partial charge on any atom is 0.258 e. The lowest BCUT2D eigenvalue weighted by Gasteiger charge is -2.26. The molecule has 1 atom stereocenters. The molecular weight excluding hydrogens is 334 g/mol. The van der Waals surface area contributed by atoms with E-state index in [1.807, 2.05) is 31.2 Å². The second-order valence-electron chi connectivity index (χ2n) is 5.89. The second kappa shape index (κ2) is 8.38. The van der Waals surface area contributed by atoms with Gasteiger partial charge in [0.15, 0.2) is 23.9 Å². The number of benzene rings is 2. The third-order valence-corrected chi connectivity index (χ3v) is 3.96. The number of fused-ring (bicyclic) bond motifs is 1. The van der Waals surface area contributed by atoms with Crippen molar-refractivity contribution < 1.29 is 23.8 Å². The zero-order valence-electron chi connectivity index (χ0n) is 14.6. The van der Waals surface area contributed by atoms with Crippen molar-refractivity contribution in [1.82, 2.24) is 5.32 Å². The highest BCUT2D eigenvalue weighted by atomic mass is 16.6. The van der Waals surface area contributed by atoms with Crippen LogP contribution in [0.25, 0.3) is 0 Å². The smallest absolute Gasteiger partial charge is 0.258 e. The van der Waals surface area contributed by atoms with Crippen LogP contribution in [0.5, 0.6) is 17.2 Å². The largest absolute Gasteiger partial charge is 0.486 e. The number of ether oxygens (including phenoxy) is 3. The first-order valence-electron chi connectivity index (χ1n) is 8.57. The molecule has 2 aromatic rings. The van der Waals surface area contributed by atoms with Gasteiger partial charge in [0.25, 0.3) is 5.91 Å². The SMILES string of the molecule is CCC(=O)c1ccc(OCC(=O)NC[C@H]2COc3ccccc3O2)cc1. The van der Waals surface area contributed by atoms with E-state index >= 15 is 0 Å². The van der Waals surface area contributed by atoms with E-state index in [2.05, 4.69) is 5.32 Å². The summed E-state index contributed by atoms with van der Waals surface area (Å²) in [4.78, 5) is 23.5. The lowest BCUT2D eigenvalue weighted by Crippen LogP contribution is -2.42. The van der Waals surface area contributed by atoms with Crippen molar-refractivity contribution in [2.45, 2.75) is 19.4 Å². The van der Waals surface area contributed by atoms with Crippen LogP contribution in [-0.4, -0.2) is 37.6 Å². The van der Waals surface area contributed by atoms with Gasteiger partial charge in [0.05, 0.1) is 6.54 Å². The van der Waals surface area contributed by atoms with Crippen LogP contribution in [0.3, 0.4) is 0 Å². The Bertz CT molecular complexity index is 772. The molecule has 26 heavy (non-hydrogen) atoms. The minimum Gasteiger partial charge on any atom is -0.486 e. The number of carbonyl (C=O) groups excluding carboxylic acids is 2. The lowest BCUT2D eigenvalue weighted by molar-refractivity contribution is -0.123. The van der Waals surface area contributed by atoms with Crippen molar-refractivity contribution in [1.29, 1.82) is 0 Å². The Kier molecular flexibility index (Phi) is 5.73. The first kappa shape index (κ1) is 17.8. The van der Waals surface area contributed by atoms with Crippen molar-refractivity contribution in [3.05, 3.63) is 54.1 Å². The van der Waals surface area contributed by atoms with Crippen molar-refractivity contribution in [3.8, 4) is 17.2 Å². The van der Waals surface area contributed by atoms with Crippen molar-refractivity contribution in [2.24, 2.45) is 0 Å². The number of para-hydroxylation sites is 2. The predicted molar refractivity (Wildman–Crippen MR) is 95.9 cm³/mol. The maximum absolute atomic E-state index is 11.9. The molecule has 136 valence electrons. The summed E-state index contributed by atoms with van der Waals surface area (Å²) >= 11 is 0.